The summed E-state index contributed by atoms with van der Waals surface area (Å²) in [4.78, 5) is 12.9. The van der Waals surface area contributed by atoms with Crippen molar-refractivity contribution >= 4 is 21.8 Å². The van der Waals surface area contributed by atoms with E-state index in [0.29, 0.717) is 29.1 Å². The van der Waals surface area contributed by atoms with Gasteiger partial charge in [-0.1, -0.05) is 12.1 Å². The van der Waals surface area contributed by atoms with Gasteiger partial charge in [0.2, 0.25) is 0 Å². The lowest BCUT2D eigenvalue weighted by Crippen LogP contribution is -2.23. The molecule has 4 aromatic rings. The average molecular weight is 436 g/mol. The van der Waals surface area contributed by atoms with Gasteiger partial charge in [-0.15, -0.1) is 14.4 Å². The van der Waals surface area contributed by atoms with Crippen molar-refractivity contribution in [2.75, 3.05) is 13.4 Å². The molecular weight excluding hydrogens is 416 g/mol. The summed E-state index contributed by atoms with van der Waals surface area (Å²) in [7, 11) is -1.69. The first-order chi connectivity index (χ1) is 14.8. The van der Waals surface area contributed by atoms with E-state index in [4.69, 9.17) is 4.74 Å². The van der Waals surface area contributed by atoms with Crippen LogP contribution in [-0.4, -0.2) is 38.4 Å². The number of carbonyl (C=O) groups is 1. The van der Waals surface area contributed by atoms with E-state index in [1.54, 1.807) is 42.0 Å². The predicted octanol–water partition coefficient (Wildman–Crippen LogP) is 2.95. The third-order valence-corrected chi connectivity index (χ3v) is 5.92. The van der Waals surface area contributed by atoms with Crippen LogP contribution < -0.4 is 10.1 Å². The molecule has 0 aliphatic carbocycles. The number of methoxy groups -OCH3 is 1. The van der Waals surface area contributed by atoms with Crippen molar-refractivity contribution in [2.24, 2.45) is 0 Å². The Morgan fingerprint density at radius 2 is 1.90 bits per heavy atom. The first-order valence-electron chi connectivity index (χ1n) is 9.41. The lowest BCUT2D eigenvalue weighted by Gasteiger charge is -2.09. The summed E-state index contributed by atoms with van der Waals surface area (Å²) in [5, 5.41) is 11.2. The van der Waals surface area contributed by atoms with Gasteiger partial charge in [-0.05, 0) is 54.1 Å². The maximum atomic E-state index is 12.7. The van der Waals surface area contributed by atoms with Crippen molar-refractivity contribution in [2.45, 2.75) is 11.4 Å². The molecule has 158 valence electrons. The van der Waals surface area contributed by atoms with Gasteiger partial charge >= 0.3 is 0 Å². The molecule has 0 bridgehead atoms. The number of aromatic nitrogens is 3. The van der Waals surface area contributed by atoms with Gasteiger partial charge in [-0.3, -0.25) is 9.20 Å². The zero-order valence-electron chi connectivity index (χ0n) is 16.9. The van der Waals surface area contributed by atoms with Crippen molar-refractivity contribution < 1.29 is 18.3 Å². The van der Waals surface area contributed by atoms with Crippen molar-refractivity contribution in [3.8, 4) is 17.1 Å². The Balaban J connectivity index is 1.57. The largest absolute Gasteiger partial charge is 0.610 e. The van der Waals surface area contributed by atoms with Gasteiger partial charge in [0, 0.05) is 18.3 Å². The van der Waals surface area contributed by atoms with Gasteiger partial charge in [-0.25, -0.2) is 0 Å². The molecule has 2 aromatic carbocycles. The molecule has 0 radical (unpaired) electrons. The Kier molecular flexibility index (Phi) is 5.53. The summed E-state index contributed by atoms with van der Waals surface area (Å²) in [5.74, 6) is 0.999. The number of benzene rings is 2. The van der Waals surface area contributed by atoms with Crippen molar-refractivity contribution in [3.05, 3.63) is 78.0 Å². The van der Waals surface area contributed by atoms with Crippen LogP contribution in [0.3, 0.4) is 0 Å². The summed E-state index contributed by atoms with van der Waals surface area (Å²) in [6, 6.07) is 17.3. The smallest absolute Gasteiger partial charge is 0.253 e. The molecule has 2 aromatic heterocycles. The summed E-state index contributed by atoms with van der Waals surface area (Å²) >= 11 is 0. The van der Waals surface area contributed by atoms with Crippen LogP contribution in [0.1, 0.15) is 15.9 Å². The van der Waals surface area contributed by atoms with Crippen molar-refractivity contribution in [1.82, 2.24) is 19.9 Å². The molecule has 0 spiro atoms. The van der Waals surface area contributed by atoms with E-state index < -0.39 is 10.2 Å². The highest BCUT2D eigenvalue weighted by molar-refractivity contribution is 7.97. The van der Waals surface area contributed by atoms with Gasteiger partial charge in [0.05, 0.1) is 22.9 Å². The van der Waals surface area contributed by atoms with Crippen LogP contribution in [0.15, 0.2) is 71.8 Å². The molecular formula is C22H20N4O4S. The fraction of sp³-hybridized carbons (Fsp3) is 0.136. The van der Waals surface area contributed by atoms with Gasteiger partial charge in [-0.2, -0.15) is 0 Å². The fourth-order valence-corrected chi connectivity index (χ4v) is 3.77. The molecule has 4 rings (SSSR count). The molecule has 1 amide bonds. The summed E-state index contributed by atoms with van der Waals surface area (Å²) < 4.78 is 30.3. The number of amides is 1. The number of sulfone groups is 1. The number of hydrogen-bond acceptors (Lipinski definition) is 6. The Bertz CT molecular complexity index is 1290. The number of fused-ring (bicyclic) bond motifs is 1. The maximum absolute atomic E-state index is 12.7. The highest BCUT2D eigenvalue weighted by Gasteiger charge is 2.15. The van der Waals surface area contributed by atoms with E-state index in [9.17, 15) is 13.6 Å². The van der Waals surface area contributed by atoms with Crippen LogP contribution in [0.2, 0.25) is 0 Å². The molecule has 0 fully saturated rings. The Morgan fingerprint density at radius 3 is 2.61 bits per heavy atom. The molecule has 8 nitrogen and oxygen atoms in total. The lowest BCUT2D eigenvalue weighted by molar-refractivity contribution is 0.0950. The Morgan fingerprint density at radius 1 is 1.13 bits per heavy atom. The highest BCUT2D eigenvalue weighted by atomic mass is 32.3. The highest BCUT2D eigenvalue weighted by Crippen LogP contribution is 2.22. The summed E-state index contributed by atoms with van der Waals surface area (Å²) in [5.41, 5.74) is 2.63. The van der Waals surface area contributed by atoms with Crippen LogP contribution in [0, 0.1) is 0 Å². The summed E-state index contributed by atoms with van der Waals surface area (Å²) in [6.07, 6.45) is 2.82. The minimum atomic E-state index is -3.29. The molecule has 2 heterocycles. The minimum absolute atomic E-state index is 0.225. The first-order valence-corrected chi connectivity index (χ1v) is 11.3. The Labute approximate surface area is 180 Å². The standard InChI is InChI=1S/C22H20N4O4S/c1-30-18-5-3-4-15(12-18)13-23-22(27)17-8-11-20-24-25-21(26(20)14-17)16-6-9-19(10-7-16)31(2,28)29/h3-12,14H,13H2,1-2H3,(H-,23,27,28,29). The topological polar surface area (TPSA) is 109 Å². The number of carbonyl (C=O) groups excluding carboxylic acids is 1. The molecule has 9 heteroatoms. The summed E-state index contributed by atoms with van der Waals surface area (Å²) in [6.45, 7) is 0.357. The third kappa shape index (κ3) is 4.47. The molecule has 0 aliphatic rings. The van der Waals surface area contributed by atoms with E-state index in [2.05, 4.69) is 15.5 Å². The van der Waals surface area contributed by atoms with Crippen molar-refractivity contribution in [3.63, 3.8) is 0 Å². The van der Waals surface area contributed by atoms with E-state index in [1.165, 1.54) is 12.1 Å². The second-order valence-corrected chi connectivity index (χ2v) is 9.02. The van der Waals surface area contributed by atoms with E-state index >= 15 is 0 Å². The normalized spacial score (nSPS) is 13.0. The lowest BCUT2D eigenvalue weighted by atomic mass is 10.2. The first kappa shape index (κ1) is 20.7. The van der Waals surface area contributed by atoms with Gasteiger partial charge in [0.15, 0.2) is 16.4 Å². The number of nitrogens with one attached hydrogen (secondary N) is 1. The molecule has 31 heavy (non-hydrogen) atoms. The minimum Gasteiger partial charge on any atom is -0.610 e. The number of hydrogen-bond donors (Lipinski definition) is 1. The number of nitrogens with zero attached hydrogens (tertiary/aromatic N) is 3. The van der Waals surface area contributed by atoms with Gasteiger partial charge in [0.1, 0.15) is 12.0 Å². The predicted molar refractivity (Wildman–Crippen MR) is 116 cm³/mol. The molecule has 1 N–H and O–H groups in total. The van der Waals surface area contributed by atoms with Gasteiger partial charge in [0.25, 0.3) is 5.91 Å². The second kappa shape index (κ2) is 8.29. The third-order valence-electron chi connectivity index (χ3n) is 4.79. The SMILES string of the molecule is COc1cccc(CNC(=O)c2ccc3nnc(-c4ccc([S+](C)(=O)[O-])cc4)n3c2)c1. The molecule has 0 saturated heterocycles. The zero-order valence-corrected chi connectivity index (χ0v) is 17.8. The molecule has 1 atom stereocenters. The maximum Gasteiger partial charge on any atom is 0.253 e. The zero-order chi connectivity index (χ0) is 22.0. The number of pyridine rings is 1. The van der Waals surface area contributed by atoms with Crippen LogP contribution in [-0.2, 0) is 21.0 Å². The van der Waals surface area contributed by atoms with Crippen LogP contribution in [0.5, 0.6) is 5.75 Å². The monoisotopic (exact) mass is 436 g/mol. The Hall–Kier alpha value is -3.56. The molecule has 0 saturated carbocycles. The quantitative estimate of drug-likeness (QED) is 0.466. The second-order valence-electron chi connectivity index (χ2n) is 7.00. The van der Waals surface area contributed by atoms with Crippen LogP contribution in [0.4, 0.5) is 0 Å². The average Bonchev–Trinajstić information content (AvgIpc) is 3.20. The van der Waals surface area contributed by atoms with Crippen LogP contribution >= 0.6 is 0 Å². The van der Waals surface area contributed by atoms with Crippen molar-refractivity contribution in [1.29, 1.82) is 0 Å². The van der Waals surface area contributed by atoms with Gasteiger partial charge < -0.3 is 14.6 Å². The van der Waals surface area contributed by atoms with E-state index in [-0.39, 0.29) is 10.8 Å². The van der Waals surface area contributed by atoms with E-state index in [0.717, 1.165) is 17.6 Å². The fourth-order valence-electron chi connectivity index (χ4n) is 3.14. The molecule has 0 aliphatic heterocycles. The number of rotatable bonds is 6. The number of ether oxygens (including phenoxy) is 1. The van der Waals surface area contributed by atoms with E-state index in [1.807, 2.05) is 24.3 Å². The molecule has 1 unspecified atom stereocenters. The van der Waals surface area contributed by atoms with Crippen LogP contribution in [0.25, 0.3) is 17.0 Å².